The fraction of sp³-hybridized carbons (Fsp3) is 0.400. The Morgan fingerprint density at radius 1 is 1.38 bits per heavy atom. The van der Waals surface area contributed by atoms with Gasteiger partial charge in [0.1, 0.15) is 11.4 Å². The average Bonchev–Trinajstić information content (AvgIpc) is 2.32. The molecular formula is C15H17F2NO3. The first-order chi connectivity index (χ1) is 9.76. The molecule has 0 atom stereocenters. The number of rotatable bonds is 3. The van der Waals surface area contributed by atoms with Crippen molar-refractivity contribution in [3.8, 4) is 17.6 Å². The molecule has 0 unspecified atom stereocenters. The molecule has 0 spiro atoms. The zero-order valence-electron chi connectivity index (χ0n) is 12.1. The number of nitrogens with one attached hydrogen (secondary N) is 1. The Kier molecular flexibility index (Phi) is 5.97. The number of hydrogen-bond acceptors (Lipinski definition) is 3. The van der Waals surface area contributed by atoms with Crippen molar-refractivity contribution < 1.29 is 23.0 Å². The minimum Gasteiger partial charge on any atom is -0.444 e. The van der Waals surface area contributed by atoms with Crippen molar-refractivity contribution in [3.63, 3.8) is 0 Å². The Bertz CT molecular complexity index is 542. The van der Waals surface area contributed by atoms with Gasteiger partial charge in [-0.15, -0.1) is 0 Å². The lowest BCUT2D eigenvalue weighted by molar-refractivity contribution is -0.0498. The quantitative estimate of drug-likeness (QED) is 0.872. The van der Waals surface area contributed by atoms with Crippen molar-refractivity contribution in [2.75, 3.05) is 6.54 Å². The zero-order valence-corrected chi connectivity index (χ0v) is 12.1. The predicted molar refractivity (Wildman–Crippen MR) is 74.2 cm³/mol. The van der Waals surface area contributed by atoms with E-state index >= 15 is 0 Å². The Balaban J connectivity index is 2.50. The van der Waals surface area contributed by atoms with Crippen LogP contribution in [0, 0.1) is 11.8 Å². The molecule has 0 heterocycles. The summed E-state index contributed by atoms with van der Waals surface area (Å²) in [5.41, 5.74) is -0.0579. The first-order valence-corrected chi connectivity index (χ1v) is 6.27. The van der Waals surface area contributed by atoms with Crippen LogP contribution in [0.3, 0.4) is 0 Å². The molecule has 1 aromatic rings. The standard InChI is InChI=1S/C15H17F2NO3/c1-15(2,3)21-14(19)18-9-5-7-11-6-4-8-12(10-11)20-13(16)17/h4,6,8,10,13H,9H2,1-3H3,(H,18,19). The van der Waals surface area contributed by atoms with Gasteiger partial charge in [-0.2, -0.15) is 8.78 Å². The summed E-state index contributed by atoms with van der Waals surface area (Å²) in [6, 6.07) is 6.02. The molecule has 0 aliphatic rings. The fourth-order valence-corrected chi connectivity index (χ4v) is 1.33. The summed E-state index contributed by atoms with van der Waals surface area (Å²) in [6.45, 7) is 2.49. The first-order valence-electron chi connectivity index (χ1n) is 6.27. The molecule has 0 fully saturated rings. The maximum Gasteiger partial charge on any atom is 0.408 e. The molecule has 114 valence electrons. The lowest BCUT2D eigenvalue weighted by Crippen LogP contribution is -2.32. The van der Waals surface area contributed by atoms with Crippen LogP contribution < -0.4 is 10.1 Å². The van der Waals surface area contributed by atoms with E-state index in [0.717, 1.165) is 0 Å². The van der Waals surface area contributed by atoms with Crippen LogP contribution in [0.25, 0.3) is 0 Å². The molecule has 0 radical (unpaired) electrons. The predicted octanol–water partition coefficient (Wildman–Crippen LogP) is 3.16. The third-order valence-corrected chi connectivity index (χ3v) is 2.01. The number of benzene rings is 1. The maximum absolute atomic E-state index is 12.1. The lowest BCUT2D eigenvalue weighted by Gasteiger charge is -2.19. The topological polar surface area (TPSA) is 47.6 Å². The van der Waals surface area contributed by atoms with E-state index in [-0.39, 0.29) is 12.3 Å². The highest BCUT2D eigenvalue weighted by Crippen LogP contribution is 2.15. The van der Waals surface area contributed by atoms with Crippen molar-refractivity contribution >= 4 is 6.09 Å². The van der Waals surface area contributed by atoms with Gasteiger partial charge in [0.25, 0.3) is 0 Å². The summed E-state index contributed by atoms with van der Waals surface area (Å²) in [4.78, 5) is 11.3. The van der Waals surface area contributed by atoms with Crippen LogP contribution in [0.4, 0.5) is 13.6 Å². The van der Waals surface area contributed by atoms with Crippen molar-refractivity contribution in [1.82, 2.24) is 5.32 Å². The molecule has 0 bridgehead atoms. The largest absolute Gasteiger partial charge is 0.444 e. The van der Waals surface area contributed by atoms with E-state index in [1.165, 1.54) is 12.1 Å². The summed E-state index contributed by atoms with van der Waals surface area (Å²) in [7, 11) is 0. The molecule has 1 rings (SSSR count). The molecule has 6 heteroatoms. The van der Waals surface area contributed by atoms with Gasteiger partial charge in [-0.3, -0.25) is 0 Å². The highest BCUT2D eigenvalue weighted by Gasteiger charge is 2.14. The molecule has 1 amide bonds. The molecule has 21 heavy (non-hydrogen) atoms. The second-order valence-corrected chi connectivity index (χ2v) is 5.06. The summed E-state index contributed by atoms with van der Waals surface area (Å²) >= 11 is 0. The van der Waals surface area contributed by atoms with Crippen LogP contribution in [0.1, 0.15) is 26.3 Å². The second kappa shape index (κ2) is 7.48. The van der Waals surface area contributed by atoms with Gasteiger partial charge in [-0.1, -0.05) is 17.9 Å². The van der Waals surface area contributed by atoms with Gasteiger partial charge in [-0.05, 0) is 39.0 Å². The van der Waals surface area contributed by atoms with E-state index in [1.807, 2.05) is 0 Å². The molecule has 4 nitrogen and oxygen atoms in total. The Morgan fingerprint density at radius 3 is 2.71 bits per heavy atom. The van der Waals surface area contributed by atoms with Gasteiger partial charge in [0, 0.05) is 5.56 Å². The molecule has 0 saturated carbocycles. The Hall–Kier alpha value is -2.29. The minimum absolute atomic E-state index is 0.0388. The number of hydrogen-bond donors (Lipinski definition) is 1. The number of alkyl carbamates (subject to hydrolysis) is 1. The van der Waals surface area contributed by atoms with Crippen LogP contribution in [0.5, 0.6) is 5.75 Å². The van der Waals surface area contributed by atoms with E-state index in [2.05, 4.69) is 21.9 Å². The molecule has 0 aliphatic carbocycles. The van der Waals surface area contributed by atoms with Crippen LogP contribution >= 0.6 is 0 Å². The van der Waals surface area contributed by atoms with Crippen LogP contribution in [0.2, 0.25) is 0 Å². The third kappa shape index (κ3) is 7.78. The molecule has 0 aromatic heterocycles. The van der Waals surface area contributed by atoms with E-state index in [4.69, 9.17) is 4.74 Å². The molecule has 0 saturated heterocycles. The molecule has 0 aliphatic heterocycles. The number of amides is 1. The second-order valence-electron chi connectivity index (χ2n) is 5.06. The highest BCUT2D eigenvalue weighted by molar-refractivity contribution is 5.68. The van der Waals surface area contributed by atoms with Gasteiger partial charge >= 0.3 is 12.7 Å². The summed E-state index contributed by atoms with van der Waals surface area (Å²) in [5, 5.41) is 2.47. The van der Waals surface area contributed by atoms with E-state index in [0.29, 0.717) is 5.56 Å². The highest BCUT2D eigenvalue weighted by atomic mass is 19.3. The number of halogens is 2. The SMILES string of the molecule is CC(C)(C)OC(=O)NCC#Cc1cccc(OC(F)F)c1. The van der Waals surface area contributed by atoms with Crippen molar-refractivity contribution in [1.29, 1.82) is 0 Å². The summed E-state index contributed by atoms with van der Waals surface area (Å²) in [6.07, 6.45) is -0.563. The fourth-order valence-electron chi connectivity index (χ4n) is 1.33. The van der Waals surface area contributed by atoms with Crippen molar-refractivity contribution in [2.24, 2.45) is 0 Å². The Labute approximate surface area is 122 Å². The van der Waals surface area contributed by atoms with E-state index in [9.17, 15) is 13.6 Å². The van der Waals surface area contributed by atoms with Gasteiger partial charge in [0.05, 0.1) is 6.54 Å². The zero-order chi connectivity index (χ0) is 15.9. The smallest absolute Gasteiger partial charge is 0.408 e. The van der Waals surface area contributed by atoms with E-state index < -0.39 is 18.3 Å². The van der Waals surface area contributed by atoms with Gasteiger partial charge < -0.3 is 14.8 Å². The lowest BCUT2D eigenvalue weighted by atomic mass is 10.2. The van der Waals surface area contributed by atoms with Gasteiger partial charge in [-0.25, -0.2) is 4.79 Å². The van der Waals surface area contributed by atoms with E-state index in [1.54, 1.807) is 32.9 Å². The molecule has 1 aromatic carbocycles. The molecular weight excluding hydrogens is 280 g/mol. The summed E-state index contributed by atoms with van der Waals surface area (Å²) in [5.74, 6) is 5.46. The van der Waals surface area contributed by atoms with Crippen molar-refractivity contribution in [2.45, 2.75) is 33.0 Å². The summed E-state index contributed by atoms with van der Waals surface area (Å²) < 4.78 is 33.4. The number of ether oxygens (including phenoxy) is 2. The Morgan fingerprint density at radius 2 is 2.10 bits per heavy atom. The van der Waals surface area contributed by atoms with Crippen LogP contribution in [0.15, 0.2) is 24.3 Å². The van der Waals surface area contributed by atoms with Gasteiger partial charge in [0.15, 0.2) is 0 Å². The average molecular weight is 297 g/mol. The van der Waals surface area contributed by atoms with Crippen LogP contribution in [-0.2, 0) is 4.74 Å². The van der Waals surface area contributed by atoms with Crippen molar-refractivity contribution in [3.05, 3.63) is 29.8 Å². The normalized spacial score (nSPS) is 10.6. The van der Waals surface area contributed by atoms with Gasteiger partial charge in [0.2, 0.25) is 0 Å². The number of carbonyl (C=O) groups excluding carboxylic acids is 1. The third-order valence-electron chi connectivity index (χ3n) is 2.01. The number of carbonyl (C=O) groups is 1. The first kappa shape index (κ1) is 16.8. The maximum atomic E-state index is 12.1. The van der Waals surface area contributed by atoms with Crippen LogP contribution in [-0.4, -0.2) is 24.9 Å². The monoisotopic (exact) mass is 297 g/mol. The minimum atomic E-state index is -2.87. The molecule has 1 N–H and O–H groups in total. The number of alkyl halides is 2.